The lowest BCUT2D eigenvalue weighted by atomic mass is 10.1. The molecule has 2 rings (SSSR count). The lowest BCUT2D eigenvalue weighted by Gasteiger charge is -2.26. The molecule has 1 N–H and O–H groups in total. The van der Waals surface area contributed by atoms with Gasteiger partial charge in [-0.25, -0.2) is 4.79 Å². The molecule has 1 saturated heterocycles. The van der Waals surface area contributed by atoms with Crippen molar-refractivity contribution in [3.05, 3.63) is 0 Å². The molecule has 1 aliphatic heterocycles. The minimum Gasteiger partial charge on any atom is -0.376 e. The van der Waals surface area contributed by atoms with Crippen molar-refractivity contribution in [1.82, 2.24) is 10.2 Å². The number of urea groups is 1. The van der Waals surface area contributed by atoms with Gasteiger partial charge < -0.3 is 15.0 Å². The molecule has 98 valence electrons. The molecule has 2 fully saturated rings. The number of nitrogens with one attached hydrogen (secondary N) is 1. The smallest absolute Gasteiger partial charge is 0.317 e. The summed E-state index contributed by atoms with van der Waals surface area (Å²) in [6, 6.07) is 0.603. The van der Waals surface area contributed by atoms with Gasteiger partial charge in [0, 0.05) is 25.7 Å². The van der Waals surface area contributed by atoms with Crippen molar-refractivity contribution in [2.75, 3.05) is 19.7 Å². The number of ether oxygens (including phenoxy) is 1. The first-order chi connectivity index (χ1) is 8.31. The molecule has 0 spiro atoms. The normalized spacial score (nSPS) is 24.4. The summed E-state index contributed by atoms with van der Waals surface area (Å²) in [5, 5.41) is 3.02. The van der Waals surface area contributed by atoms with Crippen LogP contribution in [-0.2, 0) is 4.74 Å². The molecule has 0 aromatic rings. The molecule has 1 atom stereocenters. The van der Waals surface area contributed by atoms with Crippen LogP contribution in [0.4, 0.5) is 4.79 Å². The lowest BCUT2D eigenvalue weighted by molar-refractivity contribution is 0.0177. The Kier molecular flexibility index (Phi) is 4.66. The van der Waals surface area contributed by atoms with Crippen LogP contribution >= 0.6 is 0 Å². The number of amides is 2. The van der Waals surface area contributed by atoms with E-state index in [2.05, 4.69) is 12.2 Å². The van der Waals surface area contributed by atoms with E-state index in [0.717, 1.165) is 32.4 Å². The molecule has 4 heteroatoms. The summed E-state index contributed by atoms with van der Waals surface area (Å²) < 4.78 is 5.61. The van der Waals surface area contributed by atoms with E-state index >= 15 is 0 Å². The van der Waals surface area contributed by atoms with Gasteiger partial charge in [0.05, 0.1) is 6.10 Å². The number of carbonyl (C=O) groups is 1. The van der Waals surface area contributed by atoms with Crippen molar-refractivity contribution in [3.63, 3.8) is 0 Å². The maximum Gasteiger partial charge on any atom is 0.317 e. The van der Waals surface area contributed by atoms with Gasteiger partial charge in [0.25, 0.3) is 0 Å². The van der Waals surface area contributed by atoms with Crippen LogP contribution in [-0.4, -0.2) is 42.8 Å². The number of hydrogen-bond acceptors (Lipinski definition) is 2. The van der Waals surface area contributed by atoms with Crippen LogP contribution in [0.1, 0.15) is 45.4 Å². The van der Waals surface area contributed by atoms with Crippen LogP contribution in [0.15, 0.2) is 0 Å². The van der Waals surface area contributed by atoms with E-state index in [1.165, 1.54) is 19.3 Å². The zero-order valence-electron chi connectivity index (χ0n) is 10.8. The van der Waals surface area contributed by atoms with Crippen molar-refractivity contribution in [2.24, 2.45) is 0 Å². The number of rotatable bonds is 5. The van der Waals surface area contributed by atoms with Crippen molar-refractivity contribution in [1.29, 1.82) is 0 Å². The molecule has 0 aromatic heterocycles. The Labute approximate surface area is 104 Å². The van der Waals surface area contributed by atoms with Crippen LogP contribution in [0.25, 0.3) is 0 Å². The third-order valence-corrected chi connectivity index (χ3v) is 3.47. The fourth-order valence-corrected chi connectivity index (χ4v) is 2.35. The van der Waals surface area contributed by atoms with E-state index in [-0.39, 0.29) is 12.1 Å². The SMILES string of the molecule is CCCN(C(=O)NCC1CCCCO1)C1CC1. The maximum atomic E-state index is 12.0. The van der Waals surface area contributed by atoms with Gasteiger partial charge >= 0.3 is 6.03 Å². The minimum absolute atomic E-state index is 0.100. The van der Waals surface area contributed by atoms with Crippen molar-refractivity contribution in [2.45, 2.75) is 57.6 Å². The highest BCUT2D eigenvalue weighted by Crippen LogP contribution is 2.26. The molecule has 1 aliphatic carbocycles. The fourth-order valence-electron chi connectivity index (χ4n) is 2.35. The fraction of sp³-hybridized carbons (Fsp3) is 0.923. The minimum atomic E-state index is 0.100. The summed E-state index contributed by atoms with van der Waals surface area (Å²) in [6.07, 6.45) is 7.08. The third-order valence-electron chi connectivity index (χ3n) is 3.47. The van der Waals surface area contributed by atoms with E-state index in [1.54, 1.807) is 0 Å². The molecule has 2 aliphatic rings. The predicted molar refractivity (Wildman–Crippen MR) is 67.0 cm³/mol. The molecular formula is C13H24N2O2. The second kappa shape index (κ2) is 6.24. The molecule has 0 bridgehead atoms. The van der Waals surface area contributed by atoms with E-state index in [4.69, 9.17) is 4.74 Å². The highest BCUT2D eigenvalue weighted by atomic mass is 16.5. The third kappa shape index (κ3) is 3.87. The summed E-state index contributed by atoms with van der Waals surface area (Å²) in [5.74, 6) is 0. The van der Waals surface area contributed by atoms with Crippen LogP contribution < -0.4 is 5.32 Å². The average molecular weight is 240 g/mol. The number of carbonyl (C=O) groups excluding carboxylic acids is 1. The summed E-state index contributed by atoms with van der Waals surface area (Å²) in [7, 11) is 0. The number of nitrogens with zero attached hydrogens (tertiary/aromatic N) is 1. The first-order valence-electron chi connectivity index (χ1n) is 6.97. The molecule has 0 radical (unpaired) electrons. The van der Waals surface area contributed by atoms with Crippen LogP contribution in [0.3, 0.4) is 0 Å². The first-order valence-corrected chi connectivity index (χ1v) is 6.97. The van der Waals surface area contributed by atoms with Gasteiger partial charge in [-0.05, 0) is 38.5 Å². The van der Waals surface area contributed by atoms with Gasteiger partial charge in [-0.3, -0.25) is 0 Å². The Hall–Kier alpha value is -0.770. The summed E-state index contributed by atoms with van der Waals surface area (Å²) in [5.41, 5.74) is 0. The van der Waals surface area contributed by atoms with Gasteiger partial charge in [0.1, 0.15) is 0 Å². The zero-order chi connectivity index (χ0) is 12.1. The van der Waals surface area contributed by atoms with Crippen molar-refractivity contribution in [3.8, 4) is 0 Å². The molecule has 1 heterocycles. The van der Waals surface area contributed by atoms with E-state index in [0.29, 0.717) is 12.6 Å². The molecule has 17 heavy (non-hydrogen) atoms. The quantitative estimate of drug-likeness (QED) is 0.800. The van der Waals surface area contributed by atoms with Gasteiger partial charge in [-0.15, -0.1) is 0 Å². The van der Waals surface area contributed by atoms with E-state index in [9.17, 15) is 4.79 Å². The molecule has 1 unspecified atom stereocenters. The molecule has 0 aromatic carbocycles. The van der Waals surface area contributed by atoms with Crippen LogP contribution in [0.2, 0.25) is 0 Å². The topological polar surface area (TPSA) is 41.6 Å². The maximum absolute atomic E-state index is 12.0. The highest BCUT2D eigenvalue weighted by Gasteiger charge is 2.32. The Balaban J connectivity index is 1.70. The van der Waals surface area contributed by atoms with E-state index in [1.807, 2.05) is 4.90 Å². The number of hydrogen-bond donors (Lipinski definition) is 1. The molecule has 2 amide bonds. The second-order valence-corrected chi connectivity index (χ2v) is 5.10. The van der Waals surface area contributed by atoms with Crippen molar-refractivity contribution >= 4 is 6.03 Å². The summed E-state index contributed by atoms with van der Waals surface area (Å²) in [4.78, 5) is 14.0. The summed E-state index contributed by atoms with van der Waals surface area (Å²) in [6.45, 7) is 4.52. The Morgan fingerprint density at radius 1 is 1.35 bits per heavy atom. The van der Waals surface area contributed by atoms with Gasteiger partial charge in [0.2, 0.25) is 0 Å². The predicted octanol–water partition coefficient (Wildman–Crippen LogP) is 2.14. The Morgan fingerprint density at radius 2 is 2.18 bits per heavy atom. The van der Waals surface area contributed by atoms with Gasteiger partial charge in [0.15, 0.2) is 0 Å². The zero-order valence-corrected chi connectivity index (χ0v) is 10.8. The molecule has 4 nitrogen and oxygen atoms in total. The first kappa shape index (κ1) is 12.7. The van der Waals surface area contributed by atoms with Gasteiger partial charge in [-0.2, -0.15) is 0 Å². The van der Waals surface area contributed by atoms with Crippen molar-refractivity contribution < 1.29 is 9.53 Å². The second-order valence-electron chi connectivity index (χ2n) is 5.10. The Morgan fingerprint density at radius 3 is 2.76 bits per heavy atom. The molecular weight excluding hydrogens is 216 g/mol. The van der Waals surface area contributed by atoms with Gasteiger partial charge in [-0.1, -0.05) is 6.92 Å². The standard InChI is InChI=1S/C13H24N2O2/c1-2-8-15(11-6-7-11)13(16)14-10-12-5-3-4-9-17-12/h11-12H,2-10H2,1H3,(H,14,16). The van der Waals surface area contributed by atoms with E-state index < -0.39 is 0 Å². The monoisotopic (exact) mass is 240 g/mol. The highest BCUT2D eigenvalue weighted by molar-refractivity contribution is 5.74. The van der Waals surface area contributed by atoms with Crippen LogP contribution in [0.5, 0.6) is 0 Å². The molecule has 1 saturated carbocycles. The average Bonchev–Trinajstić information content (AvgIpc) is 3.18. The lowest BCUT2D eigenvalue weighted by Crippen LogP contribution is -2.45. The van der Waals surface area contributed by atoms with Crippen LogP contribution in [0, 0.1) is 0 Å². The Bertz CT molecular complexity index is 248. The summed E-state index contributed by atoms with van der Waals surface area (Å²) >= 11 is 0. The largest absolute Gasteiger partial charge is 0.376 e.